The van der Waals surface area contributed by atoms with Crippen LogP contribution in [0.25, 0.3) is 0 Å². The van der Waals surface area contributed by atoms with E-state index in [1.54, 1.807) is 0 Å². The molecule has 0 aliphatic carbocycles. The third kappa shape index (κ3) is 4.14. The SMILES string of the molecule is C=CC(=O)N[C@H](CF)[C@@H](O)c1ccc(S(C)(=O)=O)cc1. The van der Waals surface area contributed by atoms with E-state index in [2.05, 4.69) is 11.9 Å². The van der Waals surface area contributed by atoms with Crippen molar-refractivity contribution in [2.24, 2.45) is 0 Å². The highest BCUT2D eigenvalue weighted by molar-refractivity contribution is 7.90. The minimum atomic E-state index is -3.33. The molecule has 0 aromatic heterocycles. The van der Waals surface area contributed by atoms with Crippen LogP contribution < -0.4 is 5.32 Å². The number of nitrogens with one attached hydrogen (secondary N) is 1. The first-order valence-corrected chi connectivity index (χ1v) is 7.65. The Labute approximate surface area is 117 Å². The number of benzene rings is 1. The number of alkyl halides is 1. The van der Waals surface area contributed by atoms with Gasteiger partial charge in [-0.3, -0.25) is 4.79 Å². The first-order valence-electron chi connectivity index (χ1n) is 5.76. The number of halogens is 1. The van der Waals surface area contributed by atoms with E-state index in [1.165, 1.54) is 24.3 Å². The summed E-state index contributed by atoms with van der Waals surface area (Å²) in [6.07, 6.45) is 0.757. The van der Waals surface area contributed by atoms with E-state index in [9.17, 15) is 22.7 Å². The molecule has 0 spiro atoms. The molecule has 0 aliphatic rings. The highest BCUT2D eigenvalue weighted by Crippen LogP contribution is 2.19. The molecule has 0 bridgehead atoms. The summed E-state index contributed by atoms with van der Waals surface area (Å²) in [7, 11) is -3.33. The summed E-state index contributed by atoms with van der Waals surface area (Å²) in [5, 5.41) is 12.2. The van der Waals surface area contributed by atoms with Crippen LogP contribution in [-0.4, -0.2) is 38.4 Å². The van der Waals surface area contributed by atoms with Gasteiger partial charge in [-0.1, -0.05) is 18.7 Å². The lowest BCUT2D eigenvalue weighted by molar-refractivity contribution is -0.118. The smallest absolute Gasteiger partial charge is 0.243 e. The van der Waals surface area contributed by atoms with E-state index in [0.29, 0.717) is 5.56 Å². The van der Waals surface area contributed by atoms with Gasteiger partial charge < -0.3 is 10.4 Å². The Morgan fingerprint density at radius 3 is 2.40 bits per heavy atom. The maximum atomic E-state index is 12.9. The summed E-state index contributed by atoms with van der Waals surface area (Å²) < 4.78 is 35.4. The van der Waals surface area contributed by atoms with Crippen molar-refractivity contribution in [2.75, 3.05) is 12.9 Å². The number of carbonyl (C=O) groups is 1. The minimum absolute atomic E-state index is 0.0976. The molecule has 110 valence electrons. The Morgan fingerprint density at radius 2 is 2.00 bits per heavy atom. The van der Waals surface area contributed by atoms with E-state index in [-0.39, 0.29) is 4.90 Å². The molecule has 0 saturated carbocycles. The molecule has 1 aromatic rings. The van der Waals surface area contributed by atoms with Crippen LogP contribution in [0.4, 0.5) is 4.39 Å². The molecule has 7 heteroatoms. The Hall–Kier alpha value is -1.73. The fourth-order valence-electron chi connectivity index (χ4n) is 1.59. The molecule has 2 N–H and O–H groups in total. The van der Waals surface area contributed by atoms with Gasteiger partial charge in [-0.25, -0.2) is 12.8 Å². The van der Waals surface area contributed by atoms with Gasteiger partial charge in [-0.2, -0.15) is 0 Å². The van der Waals surface area contributed by atoms with Crippen LogP contribution in [-0.2, 0) is 14.6 Å². The molecule has 0 radical (unpaired) electrons. The van der Waals surface area contributed by atoms with Crippen LogP contribution in [0.5, 0.6) is 0 Å². The molecule has 5 nitrogen and oxygen atoms in total. The third-order valence-electron chi connectivity index (χ3n) is 2.71. The summed E-state index contributed by atoms with van der Waals surface area (Å²) >= 11 is 0. The van der Waals surface area contributed by atoms with Crippen LogP contribution in [0.2, 0.25) is 0 Å². The van der Waals surface area contributed by atoms with Crippen molar-refractivity contribution in [3.05, 3.63) is 42.5 Å². The number of carbonyl (C=O) groups excluding carboxylic acids is 1. The monoisotopic (exact) mass is 301 g/mol. The van der Waals surface area contributed by atoms with E-state index in [1.807, 2.05) is 0 Å². The summed E-state index contributed by atoms with van der Waals surface area (Å²) in [4.78, 5) is 11.2. The normalized spacial score (nSPS) is 14.3. The average molecular weight is 301 g/mol. The summed E-state index contributed by atoms with van der Waals surface area (Å²) in [6, 6.07) is 4.27. The largest absolute Gasteiger partial charge is 0.386 e. The zero-order valence-electron chi connectivity index (χ0n) is 10.9. The Balaban J connectivity index is 2.93. The predicted octanol–water partition coefficient (Wildman–Crippen LogP) is 0.764. The molecule has 20 heavy (non-hydrogen) atoms. The molecule has 1 rings (SSSR count). The Bertz CT molecular complexity index is 583. The lowest BCUT2D eigenvalue weighted by Gasteiger charge is -2.21. The van der Waals surface area contributed by atoms with Gasteiger partial charge in [0.2, 0.25) is 5.91 Å². The van der Waals surface area contributed by atoms with Crippen molar-refractivity contribution < 1.29 is 22.7 Å². The van der Waals surface area contributed by atoms with E-state index in [0.717, 1.165) is 12.3 Å². The molecule has 1 amide bonds. The molecule has 0 aliphatic heterocycles. The highest BCUT2D eigenvalue weighted by atomic mass is 32.2. The molecule has 0 heterocycles. The molecule has 0 fully saturated rings. The van der Waals surface area contributed by atoms with Crippen LogP contribution >= 0.6 is 0 Å². The Kier molecular flexibility index (Phi) is 5.41. The first kappa shape index (κ1) is 16.3. The molecule has 1 aromatic carbocycles. The molecule has 0 saturated heterocycles. The van der Waals surface area contributed by atoms with Crippen molar-refractivity contribution in [2.45, 2.75) is 17.0 Å². The molecular weight excluding hydrogens is 285 g/mol. The number of amides is 1. The maximum absolute atomic E-state index is 12.9. The zero-order chi connectivity index (χ0) is 15.3. The number of hydrogen-bond donors (Lipinski definition) is 2. The quantitative estimate of drug-likeness (QED) is 0.760. The number of rotatable bonds is 6. The van der Waals surface area contributed by atoms with Crippen molar-refractivity contribution >= 4 is 15.7 Å². The number of hydrogen-bond acceptors (Lipinski definition) is 4. The second-order valence-electron chi connectivity index (χ2n) is 4.26. The van der Waals surface area contributed by atoms with Crippen molar-refractivity contribution in [3.63, 3.8) is 0 Å². The van der Waals surface area contributed by atoms with Gasteiger partial charge in [0, 0.05) is 6.26 Å². The second kappa shape index (κ2) is 6.62. The number of aliphatic hydroxyl groups is 1. The minimum Gasteiger partial charge on any atom is -0.386 e. The topological polar surface area (TPSA) is 83.5 Å². The highest BCUT2D eigenvalue weighted by Gasteiger charge is 2.22. The van der Waals surface area contributed by atoms with E-state index < -0.39 is 34.6 Å². The second-order valence-corrected chi connectivity index (χ2v) is 6.28. The van der Waals surface area contributed by atoms with Crippen LogP contribution in [0.15, 0.2) is 41.8 Å². The fraction of sp³-hybridized carbons (Fsp3) is 0.308. The van der Waals surface area contributed by atoms with Gasteiger partial charge in [-0.15, -0.1) is 0 Å². The zero-order valence-corrected chi connectivity index (χ0v) is 11.7. The standard InChI is InChI=1S/C13H16FNO4S/c1-3-12(16)15-11(8-14)13(17)9-4-6-10(7-5-9)20(2,18)19/h3-7,11,13,17H,1,8H2,2H3,(H,15,16)/t11-,13+/m1/s1. The average Bonchev–Trinajstić information content (AvgIpc) is 2.42. The van der Waals surface area contributed by atoms with Crippen molar-refractivity contribution in [1.82, 2.24) is 5.32 Å². The number of sulfone groups is 1. The van der Waals surface area contributed by atoms with Crippen LogP contribution in [0, 0.1) is 0 Å². The van der Waals surface area contributed by atoms with Gasteiger partial charge >= 0.3 is 0 Å². The summed E-state index contributed by atoms with van der Waals surface area (Å²) in [5.41, 5.74) is 0.310. The van der Waals surface area contributed by atoms with Crippen LogP contribution in [0.1, 0.15) is 11.7 Å². The lowest BCUT2D eigenvalue weighted by atomic mass is 10.0. The molecule has 0 unspecified atom stereocenters. The van der Waals surface area contributed by atoms with Gasteiger partial charge in [-0.05, 0) is 23.8 Å². The summed E-state index contributed by atoms with van der Waals surface area (Å²) in [5.74, 6) is -0.598. The predicted molar refractivity (Wildman–Crippen MR) is 72.6 cm³/mol. The number of aliphatic hydroxyl groups excluding tert-OH is 1. The van der Waals surface area contributed by atoms with E-state index in [4.69, 9.17) is 0 Å². The lowest BCUT2D eigenvalue weighted by Crippen LogP contribution is -2.40. The van der Waals surface area contributed by atoms with E-state index >= 15 is 0 Å². The van der Waals surface area contributed by atoms with Crippen molar-refractivity contribution in [1.29, 1.82) is 0 Å². The molecular formula is C13H16FNO4S. The van der Waals surface area contributed by atoms with Gasteiger partial charge in [0.1, 0.15) is 12.8 Å². The van der Waals surface area contributed by atoms with Gasteiger partial charge in [0.15, 0.2) is 9.84 Å². The van der Waals surface area contributed by atoms with Gasteiger partial charge in [0.05, 0.1) is 10.9 Å². The fourth-order valence-corrected chi connectivity index (χ4v) is 2.22. The first-order chi connectivity index (χ1) is 9.29. The Morgan fingerprint density at radius 1 is 1.45 bits per heavy atom. The maximum Gasteiger partial charge on any atom is 0.243 e. The van der Waals surface area contributed by atoms with Gasteiger partial charge in [0.25, 0.3) is 0 Å². The molecule has 2 atom stereocenters. The third-order valence-corrected chi connectivity index (χ3v) is 3.84. The van der Waals surface area contributed by atoms with Crippen molar-refractivity contribution in [3.8, 4) is 0 Å². The summed E-state index contributed by atoms with van der Waals surface area (Å²) in [6.45, 7) is 2.27. The van der Waals surface area contributed by atoms with Crippen LogP contribution in [0.3, 0.4) is 0 Å².